The number of aromatic nitrogens is 6. The van der Waals surface area contributed by atoms with Gasteiger partial charge in [0.15, 0.2) is 0 Å². The number of carbonyl (C=O) groups excluding carboxylic acids is 2. The number of hydrogen-bond donors (Lipinski definition) is 2. The fraction of sp³-hybridized carbons (Fsp3) is 0.677. The summed E-state index contributed by atoms with van der Waals surface area (Å²) >= 11 is 0. The summed E-state index contributed by atoms with van der Waals surface area (Å²) in [5, 5.41) is 14.4. The lowest BCUT2D eigenvalue weighted by Gasteiger charge is -2.51. The number of carbonyl (C=O) groups is 2. The molecule has 3 atom stereocenters. The number of rotatable bonds is 8. The standard InChI is InChI=1S/C31H37F5N8O3/c1-2-43-23(5-9-38-43)27(46)40-24(17-3-6-30(32,33)7-4-17)22-16-44-28(39-22)41-25(29-8-10-47-20(13-29)14-29)21(42-44)12-18-11-19(31(34,35)36)15-37-26(18)45/h5,9,16-20,24H,2-4,6-8,10-15H2,1H3,(H,37,45)(H,40,46)/t18-,19-,20?,24+,29?/m1/s1. The predicted molar refractivity (Wildman–Crippen MR) is 155 cm³/mol. The lowest BCUT2D eigenvalue weighted by Crippen LogP contribution is -2.53. The molecule has 0 radical (unpaired) electrons. The van der Waals surface area contributed by atoms with Gasteiger partial charge in [0.2, 0.25) is 11.8 Å². The van der Waals surface area contributed by atoms with Crippen molar-refractivity contribution in [1.82, 2.24) is 40.0 Å². The van der Waals surface area contributed by atoms with Gasteiger partial charge < -0.3 is 15.4 Å². The van der Waals surface area contributed by atoms with E-state index in [4.69, 9.17) is 19.8 Å². The fourth-order valence-corrected chi connectivity index (χ4v) is 7.83. The number of nitrogens with zero attached hydrogens (tertiary/aromatic N) is 6. The molecule has 0 spiro atoms. The summed E-state index contributed by atoms with van der Waals surface area (Å²) in [6, 6.07) is 0.847. The maximum absolute atomic E-state index is 14.2. The molecule has 16 heteroatoms. The first-order chi connectivity index (χ1) is 22.3. The number of halogens is 5. The van der Waals surface area contributed by atoms with Crippen LogP contribution >= 0.6 is 0 Å². The molecule has 5 fully saturated rings. The van der Waals surface area contributed by atoms with Gasteiger partial charge in [0.1, 0.15) is 5.69 Å². The molecule has 5 aliphatic rings. The van der Waals surface area contributed by atoms with Crippen molar-refractivity contribution in [3.05, 3.63) is 41.2 Å². The average Bonchev–Trinajstić information content (AvgIpc) is 3.67. The van der Waals surface area contributed by atoms with Gasteiger partial charge in [-0.1, -0.05) is 0 Å². The van der Waals surface area contributed by atoms with Crippen LogP contribution in [0.15, 0.2) is 18.5 Å². The fourth-order valence-electron chi connectivity index (χ4n) is 7.83. The monoisotopic (exact) mass is 664 g/mol. The van der Waals surface area contributed by atoms with Crippen LogP contribution in [0.1, 0.15) is 91.9 Å². The topological polar surface area (TPSA) is 128 Å². The van der Waals surface area contributed by atoms with E-state index in [1.807, 2.05) is 6.92 Å². The number of nitrogens with one attached hydrogen (secondary N) is 2. The quantitative estimate of drug-likeness (QED) is 0.344. The van der Waals surface area contributed by atoms with Gasteiger partial charge in [-0.05, 0) is 57.4 Å². The Hall–Kier alpha value is -3.69. The van der Waals surface area contributed by atoms with Crippen LogP contribution in [0.5, 0.6) is 0 Å². The van der Waals surface area contributed by atoms with Gasteiger partial charge in [-0.15, -0.1) is 0 Å². The van der Waals surface area contributed by atoms with E-state index in [2.05, 4.69) is 15.7 Å². The van der Waals surface area contributed by atoms with Crippen LogP contribution in [0.3, 0.4) is 0 Å². The number of piperidine rings is 1. The largest absolute Gasteiger partial charge is 0.393 e. The lowest BCUT2D eigenvalue weighted by molar-refractivity contribution is -0.183. The highest BCUT2D eigenvalue weighted by atomic mass is 19.4. The van der Waals surface area contributed by atoms with Crippen LogP contribution in [0.25, 0.3) is 5.78 Å². The molecule has 0 unspecified atom stereocenters. The third-order valence-corrected chi connectivity index (χ3v) is 10.5. The van der Waals surface area contributed by atoms with Crippen LogP contribution in [0, 0.1) is 17.8 Å². The Morgan fingerprint density at radius 2 is 1.96 bits per heavy atom. The second-order valence-electron chi connectivity index (χ2n) is 13.5. The molecule has 2 amide bonds. The maximum Gasteiger partial charge on any atom is 0.393 e. The first-order valence-electron chi connectivity index (χ1n) is 16.3. The third kappa shape index (κ3) is 6.08. The third-order valence-electron chi connectivity index (χ3n) is 10.5. The van der Waals surface area contributed by atoms with Crippen LogP contribution in [-0.2, 0) is 27.9 Å². The van der Waals surface area contributed by atoms with Crippen molar-refractivity contribution in [2.45, 2.75) is 101 Å². The van der Waals surface area contributed by atoms with E-state index >= 15 is 0 Å². The van der Waals surface area contributed by atoms with Crippen LogP contribution in [0.4, 0.5) is 22.0 Å². The van der Waals surface area contributed by atoms with Crippen molar-refractivity contribution < 1.29 is 36.3 Å². The van der Waals surface area contributed by atoms with Gasteiger partial charge in [-0.2, -0.15) is 23.4 Å². The van der Waals surface area contributed by atoms with Crippen LogP contribution in [0.2, 0.25) is 0 Å². The molecule has 8 rings (SSSR count). The predicted octanol–water partition coefficient (Wildman–Crippen LogP) is 4.31. The van der Waals surface area contributed by atoms with Crippen LogP contribution in [-0.4, -0.2) is 72.5 Å². The summed E-state index contributed by atoms with van der Waals surface area (Å²) in [4.78, 5) is 35.9. The van der Waals surface area contributed by atoms with E-state index in [1.54, 1.807) is 12.3 Å². The molecular formula is C31H37F5N8O3. The number of amides is 2. The highest BCUT2D eigenvalue weighted by molar-refractivity contribution is 5.92. The molecule has 2 saturated carbocycles. The molecule has 47 heavy (non-hydrogen) atoms. The highest BCUT2D eigenvalue weighted by Gasteiger charge is 2.52. The molecule has 0 aromatic carbocycles. The number of fused-ring (bicyclic) bond motifs is 3. The Balaban J connectivity index is 1.25. The van der Waals surface area contributed by atoms with Crippen molar-refractivity contribution in [3.63, 3.8) is 0 Å². The number of alkyl halides is 5. The van der Waals surface area contributed by atoms with Gasteiger partial charge in [0.25, 0.3) is 11.7 Å². The molecule has 3 aromatic rings. The van der Waals surface area contributed by atoms with Crippen molar-refractivity contribution >= 4 is 17.6 Å². The number of imidazole rings is 1. The van der Waals surface area contributed by atoms with Crippen molar-refractivity contribution in [1.29, 1.82) is 0 Å². The van der Waals surface area contributed by atoms with Gasteiger partial charge in [0, 0.05) is 56.5 Å². The van der Waals surface area contributed by atoms with Crippen molar-refractivity contribution in [2.75, 3.05) is 13.2 Å². The Labute approximate surface area is 267 Å². The van der Waals surface area contributed by atoms with Crippen molar-refractivity contribution in [3.8, 4) is 0 Å². The van der Waals surface area contributed by atoms with E-state index < -0.39 is 53.8 Å². The Kier molecular flexibility index (Phi) is 7.99. The normalized spacial score (nSPS) is 28.5. The van der Waals surface area contributed by atoms with Crippen LogP contribution < -0.4 is 10.6 Å². The zero-order valence-corrected chi connectivity index (χ0v) is 25.9. The number of ether oxygens (including phenoxy) is 1. The summed E-state index contributed by atoms with van der Waals surface area (Å²) in [6.07, 6.45) is 0.0451. The Bertz CT molecular complexity index is 1650. The summed E-state index contributed by atoms with van der Waals surface area (Å²) in [7, 11) is 0. The second-order valence-corrected chi connectivity index (χ2v) is 13.5. The zero-order valence-electron chi connectivity index (χ0n) is 25.9. The smallest absolute Gasteiger partial charge is 0.378 e. The van der Waals surface area contributed by atoms with Gasteiger partial charge in [-0.25, -0.2) is 23.3 Å². The van der Waals surface area contributed by atoms with E-state index in [9.17, 15) is 31.5 Å². The molecule has 3 saturated heterocycles. The highest BCUT2D eigenvalue weighted by Crippen LogP contribution is 2.52. The number of hydrogen-bond acceptors (Lipinski definition) is 7. The summed E-state index contributed by atoms with van der Waals surface area (Å²) < 4.78 is 78.0. The first kappa shape index (κ1) is 31.9. The molecule has 2 N–H and O–H groups in total. The molecule has 11 nitrogen and oxygen atoms in total. The number of aryl methyl sites for hydroxylation is 1. The minimum atomic E-state index is -4.44. The minimum absolute atomic E-state index is 0.0314. The Morgan fingerprint density at radius 1 is 1.19 bits per heavy atom. The van der Waals surface area contributed by atoms with Gasteiger partial charge in [0.05, 0.1) is 41.3 Å². The van der Waals surface area contributed by atoms with E-state index in [0.29, 0.717) is 55.2 Å². The SMILES string of the molecule is CCn1nccc1C(=O)N[C@H](c1cn2nc(C[C@H]3C[C@@H](C(F)(F)F)CNC3=O)c(C34CCOC(C3)C4)nc2n1)C1CCC(F)(F)CC1. The van der Waals surface area contributed by atoms with E-state index in [1.165, 1.54) is 15.4 Å². The summed E-state index contributed by atoms with van der Waals surface area (Å²) in [6.45, 7) is 2.36. The average molecular weight is 665 g/mol. The second kappa shape index (κ2) is 11.8. The van der Waals surface area contributed by atoms with Gasteiger partial charge >= 0.3 is 6.18 Å². The lowest BCUT2D eigenvalue weighted by atomic mass is 9.60. The molecule has 3 aromatic heterocycles. The van der Waals surface area contributed by atoms with Crippen molar-refractivity contribution in [2.24, 2.45) is 17.8 Å². The summed E-state index contributed by atoms with van der Waals surface area (Å²) in [5.41, 5.74) is 1.35. The van der Waals surface area contributed by atoms with E-state index in [-0.39, 0.29) is 56.3 Å². The molecule has 2 aliphatic carbocycles. The molecule has 2 bridgehead atoms. The summed E-state index contributed by atoms with van der Waals surface area (Å²) in [5.74, 6) is -6.38. The zero-order chi connectivity index (χ0) is 33.1. The first-order valence-corrected chi connectivity index (χ1v) is 16.3. The van der Waals surface area contributed by atoms with Gasteiger partial charge in [-0.3, -0.25) is 14.3 Å². The Morgan fingerprint density at radius 3 is 2.64 bits per heavy atom. The maximum atomic E-state index is 14.2. The molecule has 6 heterocycles. The van der Waals surface area contributed by atoms with E-state index in [0.717, 1.165) is 0 Å². The molecular weight excluding hydrogens is 627 g/mol. The molecule has 254 valence electrons. The molecule has 3 aliphatic heterocycles. The minimum Gasteiger partial charge on any atom is -0.378 e.